The molecule has 0 saturated carbocycles. The van der Waals surface area contributed by atoms with Gasteiger partial charge in [0.15, 0.2) is 5.78 Å². The number of carbonyl (C=O) groups is 1. The minimum atomic E-state index is -4.44. The van der Waals surface area contributed by atoms with E-state index in [1.54, 1.807) is 6.20 Å². The second-order valence-corrected chi connectivity index (χ2v) is 10.2. The summed E-state index contributed by atoms with van der Waals surface area (Å²) >= 11 is 0. The molecule has 2 aliphatic heterocycles. The molecule has 1 saturated heterocycles. The van der Waals surface area contributed by atoms with Crippen LogP contribution in [-0.4, -0.2) is 57.0 Å². The third-order valence-corrected chi connectivity index (χ3v) is 7.50. The lowest BCUT2D eigenvalue weighted by Crippen LogP contribution is -2.35. The Bertz CT molecular complexity index is 1550. The minimum Gasteiger partial charge on any atom is -0.379 e. The van der Waals surface area contributed by atoms with Gasteiger partial charge in [-0.15, -0.1) is 0 Å². The van der Waals surface area contributed by atoms with Crippen molar-refractivity contribution in [1.82, 2.24) is 24.9 Å². The van der Waals surface area contributed by atoms with Gasteiger partial charge in [0, 0.05) is 49.1 Å². The number of rotatable bonds is 6. The highest BCUT2D eigenvalue weighted by atomic mass is 19.4. The van der Waals surface area contributed by atoms with Crippen LogP contribution in [0, 0.1) is 0 Å². The van der Waals surface area contributed by atoms with Crippen LogP contribution in [0.2, 0.25) is 0 Å². The molecular weight excluding hydrogens is 507 g/mol. The summed E-state index contributed by atoms with van der Waals surface area (Å²) in [7, 11) is 0. The third-order valence-electron chi connectivity index (χ3n) is 7.50. The summed E-state index contributed by atoms with van der Waals surface area (Å²) in [5, 5.41) is 12.8. The molecule has 7 nitrogen and oxygen atoms in total. The summed E-state index contributed by atoms with van der Waals surface area (Å²) in [6.45, 7) is 5.55. The summed E-state index contributed by atoms with van der Waals surface area (Å²) < 4.78 is 47.3. The zero-order valence-corrected chi connectivity index (χ0v) is 21.5. The number of ketones is 1. The van der Waals surface area contributed by atoms with Crippen molar-refractivity contribution in [3.05, 3.63) is 94.0 Å². The molecule has 4 aromatic rings. The van der Waals surface area contributed by atoms with E-state index in [1.165, 1.54) is 12.1 Å². The lowest BCUT2D eigenvalue weighted by Gasteiger charge is -2.29. The number of aromatic amines is 1. The van der Waals surface area contributed by atoms with E-state index in [-0.39, 0.29) is 12.2 Å². The summed E-state index contributed by atoms with van der Waals surface area (Å²) in [4.78, 5) is 16.1. The highest BCUT2D eigenvalue weighted by Crippen LogP contribution is 2.38. The molecule has 202 valence electrons. The fourth-order valence-electron chi connectivity index (χ4n) is 5.57. The first-order chi connectivity index (χ1) is 18.8. The summed E-state index contributed by atoms with van der Waals surface area (Å²) in [6.07, 6.45) is -2.01. The molecule has 1 atom stereocenters. The number of halogens is 3. The molecule has 2 aliphatic rings. The number of carbonyl (C=O) groups excluding carboxylic acids is 1. The summed E-state index contributed by atoms with van der Waals surface area (Å²) in [5.74, 6) is -0.0730. The molecular formula is C29H28F3N5O2. The molecule has 39 heavy (non-hydrogen) atoms. The average molecular weight is 536 g/mol. The van der Waals surface area contributed by atoms with Gasteiger partial charge in [0.1, 0.15) is 6.04 Å². The normalized spacial score (nSPS) is 18.5. The Kier molecular flexibility index (Phi) is 6.60. The SMILES string of the molecule is CC1=C(C(=O)Cc2ccc3[nH]ncc3c2)C(c2ccc(C(F)(F)F)cc2)n2nc(CN3CCOCC3)cc2C1. The van der Waals surface area contributed by atoms with Crippen LogP contribution in [0.15, 0.2) is 65.9 Å². The molecule has 1 fully saturated rings. The maximum absolute atomic E-state index is 13.9. The van der Waals surface area contributed by atoms with Crippen LogP contribution in [0.1, 0.15) is 41.0 Å². The van der Waals surface area contributed by atoms with Gasteiger partial charge in [-0.05, 0) is 48.4 Å². The Morgan fingerprint density at radius 3 is 2.62 bits per heavy atom. The number of H-pyrrole nitrogens is 1. The molecule has 0 amide bonds. The van der Waals surface area contributed by atoms with Crippen molar-refractivity contribution < 1.29 is 22.7 Å². The molecule has 1 unspecified atom stereocenters. The highest BCUT2D eigenvalue weighted by Gasteiger charge is 2.35. The van der Waals surface area contributed by atoms with Gasteiger partial charge in [0.05, 0.1) is 36.2 Å². The number of nitrogens with zero attached hydrogens (tertiary/aromatic N) is 4. The number of aromatic nitrogens is 4. The molecule has 4 heterocycles. The first kappa shape index (κ1) is 25.5. The lowest BCUT2D eigenvalue weighted by molar-refractivity contribution is -0.137. The number of Topliss-reactive ketones (excluding diaryl/α,β-unsaturated/α-hetero) is 1. The van der Waals surface area contributed by atoms with E-state index in [0.29, 0.717) is 37.3 Å². The monoisotopic (exact) mass is 535 g/mol. The second kappa shape index (κ2) is 10.1. The Hall–Kier alpha value is -3.76. The number of hydrogen-bond donors (Lipinski definition) is 1. The number of morpholine rings is 1. The number of ether oxygens (including phenoxy) is 1. The number of nitrogens with one attached hydrogen (secondary N) is 1. The maximum Gasteiger partial charge on any atom is 0.416 e. The molecule has 0 bridgehead atoms. The topological polar surface area (TPSA) is 76.0 Å². The Morgan fingerprint density at radius 2 is 1.87 bits per heavy atom. The second-order valence-electron chi connectivity index (χ2n) is 10.2. The number of hydrogen-bond acceptors (Lipinski definition) is 5. The van der Waals surface area contributed by atoms with E-state index in [2.05, 4.69) is 15.1 Å². The van der Waals surface area contributed by atoms with Crippen LogP contribution in [0.3, 0.4) is 0 Å². The fraction of sp³-hybridized carbons (Fsp3) is 0.345. The molecule has 2 aromatic heterocycles. The first-order valence-corrected chi connectivity index (χ1v) is 13.0. The Balaban J connectivity index is 1.36. The molecule has 1 N–H and O–H groups in total. The number of alkyl halides is 3. The van der Waals surface area contributed by atoms with E-state index in [9.17, 15) is 18.0 Å². The van der Waals surface area contributed by atoms with Gasteiger partial charge in [-0.1, -0.05) is 23.8 Å². The van der Waals surface area contributed by atoms with E-state index < -0.39 is 17.8 Å². The first-order valence-electron chi connectivity index (χ1n) is 13.0. The largest absolute Gasteiger partial charge is 0.416 e. The molecule has 2 aromatic carbocycles. The average Bonchev–Trinajstić information content (AvgIpc) is 3.54. The maximum atomic E-state index is 13.9. The number of benzene rings is 2. The Morgan fingerprint density at radius 1 is 1.10 bits per heavy atom. The molecule has 6 rings (SSSR count). The van der Waals surface area contributed by atoms with Crippen molar-refractivity contribution in [3.63, 3.8) is 0 Å². The van der Waals surface area contributed by atoms with Gasteiger partial charge in [0.25, 0.3) is 0 Å². The van der Waals surface area contributed by atoms with Crippen molar-refractivity contribution in [2.45, 2.75) is 38.5 Å². The molecule has 0 aliphatic carbocycles. The number of fused-ring (bicyclic) bond motifs is 2. The quantitative estimate of drug-likeness (QED) is 0.381. The zero-order chi connectivity index (χ0) is 27.1. The van der Waals surface area contributed by atoms with Crippen molar-refractivity contribution >= 4 is 16.7 Å². The van der Waals surface area contributed by atoms with Crippen molar-refractivity contribution in [2.24, 2.45) is 0 Å². The predicted molar refractivity (Wildman–Crippen MR) is 139 cm³/mol. The van der Waals surface area contributed by atoms with Crippen LogP contribution in [0.5, 0.6) is 0 Å². The lowest BCUT2D eigenvalue weighted by atomic mass is 9.85. The van der Waals surface area contributed by atoms with Gasteiger partial charge < -0.3 is 4.74 Å². The van der Waals surface area contributed by atoms with Gasteiger partial charge in [-0.3, -0.25) is 19.5 Å². The highest BCUT2D eigenvalue weighted by molar-refractivity contribution is 5.99. The van der Waals surface area contributed by atoms with Crippen LogP contribution in [0.4, 0.5) is 13.2 Å². The van der Waals surface area contributed by atoms with E-state index >= 15 is 0 Å². The molecule has 0 radical (unpaired) electrons. The van der Waals surface area contributed by atoms with Crippen LogP contribution < -0.4 is 0 Å². The van der Waals surface area contributed by atoms with Gasteiger partial charge in [0.2, 0.25) is 0 Å². The van der Waals surface area contributed by atoms with Crippen LogP contribution in [-0.2, 0) is 35.1 Å². The summed E-state index contributed by atoms with van der Waals surface area (Å²) in [6, 6.07) is 12.2. The van der Waals surface area contributed by atoms with Crippen LogP contribution >= 0.6 is 0 Å². The van der Waals surface area contributed by atoms with Gasteiger partial charge in [-0.2, -0.15) is 23.4 Å². The van der Waals surface area contributed by atoms with Crippen molar-refractivity contribution in [2.75, 3.05) is 26.3 Å². The van der Waals surface area contributed by atoms with E-state index in [1.807, 2.05) is 35.9 Å². The Labute approximate surface area is 223 Å². The standard InChI is InChI=1S/C29H28F3N5O2/c1-18-12-24-15-23(17-36-8-10-39-11-9-36)35-37(24)28(20-3-5-22(6-4-20)29(30,31)32)27(18)26(38)14-19-2-7-25-21(13-19)16-33-34-25/h2-7,13,15-16,28H,8-12,14,17H2,1H3,(H,33,34). The smallest absolute Gasteiger partial charge is 0.379 e. The minimum absolute atomic E-state index is 0.0730. The van der Waals surface area contributed by atoms with Gasteiger partial charge in [-0.25, -0.2) is 0 Å². The van der Waals surface area contributed by atoms with E-state index in [0.717, 1.165) is 58.6 Å². The third kappa shape index (κ3) is 5.14. The van der Waals surface area contributed by atoms with Crippen LogP contribution in [0.25, 0.3) is 10.9 Å². The van der Waals surface area contributed by atoms with E-state index in [4.69, 9.17) is 9.84 Å². The fourth-order valence-corrected chi connectivity index (χ4v) is 5.57. The number of allylic oxidation sites excluding steroid dienone is 2. The molecule has 0 spiro atoms. The predicted octanol–water partition coefficient (Wildman–Crippen LogP) is 4.88. The zero-order valence-electron chi connectivity index (χ0n) is 21.5. The summed E-state index contributed by atoms with van der Waals surface area (Å²) in [5.41, 5.74) is 4.90. The van der Waals surface area contributed by atoms with Crippen molar-refractivity contribution in [1.29, 1.82) is 0 Å². The van der Waals surface area contributed by atoms with Crippen molar-refractivity contribution in [3.8, 4) is 0 Å². The molecule has 10 heteroatoms. The van der Waals surface area contributed by atoms with Gasteiger partial charge >= 0.3 is 6.18 Å².